The van der Waals surface area contributed by atoms with Crippen LogP contribution in [0.2, 0.25) is 0 Å². The lowest BCUT2D eigenvalue weighted by atomic mass is 9.97. The van der Waals surface area contributed by atoms with Crippen LogP contribution >= 0.6 is 0 Å². The maximum Gasteiger partial charge on any atom is 0.340 e. The summed E-state index contributed by atoms with van der Waals surface area (Å²) in [5.41, 5.74) is 3.45. The van der Waals surface area contributed by atoms with Crippen molar-refractivity contribution in [1.29, 1.82) is 0 Å². The lowest BCUT2D eigenvalue weighted by molar-refractivity contribution is 0.0698. The molecule has 120 valence electrons. The van der Waals surface area contributed by atoms with Crippen LogP contribution in [0.1, 0.15) is 10.4 Å². The zero-order valence-corrected chi connectivity index (χ0v) is 13.6. The van der Waals surface area contributed by atoms with E-state index in [2.05, 4.69) is 4.98 Å². The fraction of sp³-hybridized carbons (Fsp3) is 0.100. The number of pyridine rings is 1. The fourth-order valence-corrected chi connectivity index (χ4v) is 2.67. The molecule has 2 aromatic carbocycles. The zero-order chi connectivity index (χ0) is 17.1. The van der Waals surface area contributed by atoms with Gasteiger partial charge in [-0.05, 0) is 11.6 Å². The first-order valence-corrected chi connectivity index (χ1v) is 7.64. The van der Waals surface area contributed by atoms with Gasteiger partial charge in [-0.2, -0.15) is 0 Å². The average Bonchev–Trinajstić information content (AvgIpc) is 2.62. The number of carboxylic acid groups (broad SMARTS) is 1. The Kier molecular flexibility index (Phi) is 4.29. The molecule has 0 fully saturated rings. The molecule has 4 heteroatoms. The molecule has 0 saturated carbocycles. The highest BCUT2D eigenvalue weighted by Gasteiger charge is 2.21. The number of aromatic carboxylic acids is 1. The van der Waals surface area contributed by atoms with Gasteiger partial charge in [0.05, 0.1) is 5.69 Å². The second-order valence-corrected chi connectivity index (χ2v) is 5.69. The molecule has 0 aliphatic rings. The minimum Gasteiger partial charge on any atom is -0.478 e. The van der Waals surface area contributed by atoms with E-state index in [0.717, 1.165) is 16.8 Å². The van der Waals surface area contributed by atoms with Crippen LogP contribution in [-0.2, 0) is 0 Å². The summed E-state index contributed by atoms with van der Waals surface area (Å²) in [7, 11) is 3.61. The molecule has 1 aromatic heterocycles. The van der Waals surface area contributed by atoms with Crippen molar-refractivity contribution in [1.82, 2.24) is 4.98 Å². The normalized spacial score (nSPS) is 10.4. The van der Waals surface area contributed by atoms with Crippen LogP contribution in [0.5, 0.6) is 0 Å². The largest absolute Gasteiger partial charge is 0.478 e. The highest BCUT2D eigenvalue weighted by molar-refractivity contribution is 6.02. The Morgan fingerprint density at radius 3 is 1.96 bits per heavy atom. The van der Waals surface area contributed by atoms with Crippen molar-refractivity contribution in [3.63, 3.8) is 0 Å². The molecule has 0 aliphatic heterocycles. The number of anilines is 1. The predicted molar refractivity (Wildman–Crippen MR) is 96.4 cm³/mol. The smallest absolute Gasteiger partial charge is 0.340 e. The van der Waals surface area contributed by atoms with Crippen molar-refractivity contribution in [2.45, 2.75) is 0 Å². The third-order valence-electron chi connectivity index (χ3n) is 3.79. The van der Waals surface area contributed by atoms with E-state index in [4.69, 9.17) is 0 Å². The number of nitrogens with zero attached hydrogens (tertiary/aromatic N) is 2. The minimum absolute atomic E-state index is 0.214. The van der Waals surface area contributed by atoms with E-state index < -0.39 is 5.97 Å². The van der Waals surface area contributed by atoms with E-state index in [1.54, 1.807) is 19.0 Å². The lowest BCUT2D eigenvalue weighted by Crippen LogP contribution is -2.17. The number of hydrogen-bond donors (Lipinski definition) is 1. The Bertz CT molecular complexity index is 860. The van der Waals surface area contributed by atoms with E-state index >= 15 is 0 Å². The van der Waals surface area contributed by atoms with E-state index in [-0.39, 0.29) is 5.56 Å². The molecule has 4 nitrogen and oxygen atoms in total. The first-order chi connectivity index (χ1) is 11.6. The number of carbonyl (C=O) groups is 1. The van der Waals surface area contributed by atoms with Crippen LogP contribution in [0, 0.1) is 0 Å². The Hall–Kier alpha value is -3.14. The molecule has 0 atom stereocenters. The standard InChI is InChI=1S/C20H18N2O2/c1-22(2)19-18(20(23)24)16(14-9-5-3-6-10-14)13-17(21-19)15-11-7-4-8-12-15/h3-13H,1-2H3,(H,23,24). The maximum atomic E-state index is 11.9. The topological polar surface area (TPSA) is 53.4 Å². The molecule has 1 N–H and O–H groups in total. The highest BCUT2D eigenvalue weighted by atomic mass is 16.4. The molecule has 0 amide bonds. The number of carboxylic acids is 1. The van der Waals surface area contributed by atoms with Gasteiger partial charge in [-0.15, -0.1) is 0 Å². The molecule has 3 aromatic rings. The van der Waals surface area contributed by atoms with Crippen molar-refractivity contribution in [2.75, 3.05) is 19.0 Å². The Morgan fingerprint density at radius 1 is 0.917 bits per heavy atom. The van der Waals surface area contributed by atoms with Crippen LogP contribution in [-0.4, -0.2) is 30.2 Å². The van der Waals surface area contributed by atoms with E-state index in [0.29, 0.717) is 11.4 Å². The van der Waals surface area contributed by atoms with Crippen LogP contribution in [0.25, 0.3) is 22.4 Å². The summed E-state index contributed by atoms with van der Waals surface area (Å²) in [6.45, 7) is 0. The Labute approximate surface area is 141 Å². The van der Waals surface area contributed by atoms with E-state index in [1.807, 2.05) is 66.7 Å². The first kappa shape index (κ1) is 15.7. The van der Waals surface area contributed by atoms with Crippen LogP contribution in [0.3, 0.4) is 0 Å². The molecule has 0 radical (unpaired) electrons. The summed E-state index contributed by atoms with van der Waals surface area (Å²) in [6, 6.07) is 21.2. The second-order valence-electron chi connectivity index (χ2n) is 5.69. The van der Waals surface area contributed by atoms with Gasteiger partial charge in [-0.3, -0.25) is 0 Å². The zero-order valence-electron chi connectivity index (χ0n) is 13.6. The summed E-state index contributed by atoms with van der Waals surface area (Å²) in [5, 5.41) is 9.75. The third-order valence-corrected chi connectivity index (χ3v) is 3.79. The van der Waals surface area contributed by atoms with Crippen molar-refractivity contribution < 1.29 is 9.90 Å². The summed E-state index contributed by atoms with van der Waals surface area (Å²) in [4.78, 5) is 18.2. The summed E-state index contributed by atoms with van der Waals surface area (Å²) in [6.07, 6.45) is 0. The van der Waals surface area contributed by atoms with Gasteiger partial charge in [-0.25, -0.2) is 9.78 Å². The molecule has 0 spiro atoms. The van der Waals surface area contributed by atoms with E-state index in [1.165, 1.54) is 0 Å². The maximum absolute atomic E-state index is 11.9. The Morgan fingerprint density at radius 2 is 1.46 bits per heavy atom. The second kappa shape index (κ2) is 6.54. The van der Waals surface area contributed by atoms with Crippen LogP contribution in [0.4, 0.5) is 5.82 Å². The molecule has 24 heavy (non-hydrogen) atoms. The van der Waals surface area contributed by atoms with E-state index in [9.17, 15) is 9.90 Å². The molecular formula is C20H18N2O2. The SMILES string of the molecule is CN(C)c1nc(-c2ccccc2)cc(-c2ccccc2)c1C(=O)O. The summed E-state index contributed by atoms with van der Waals surface area (Å²) >= 11 is 0. The van der Waals surface area contributed by atoms with Gasteiger partial charge in [0.25, 0.3) is 0 Å². The summed E-state index contributed by atoms with van der Waals surface area (Å²) < 4.78 is 0. The van der Waals surface area contributed by atoms with Gasteiger partial charge in [0.2, 0.25) is 0 Å². The van der Waals surface area contributed by atoms with Gasteiger partial charge in [0, 0.05) is 25.2 Å². The lowest BCUT2D eigenvalue weighted by Gasteiger charge is -2.19. The van der Waals surface area contributed by atoms with Gasteiger partial charge >= 0.3 is 5.97 Å². The molecule has 0 bridgehead atoms. The number of aromatic nitrogens is 1. The molecule has 0 saturated heterocycles. The number of hydrogen-bond acceptors (Lipinski definition) is 3. The molecule has 3 rings (SSSR count). The monoisotopic (exact) mass is 318 g/mol. The summed E-state index contributed by atoms with van der Waals surface area (Å²) in [5.74, 6) is -0.535. The van der Waals surface area contributed by atoms with Gasteiger partial charge in [-0.1, -0.05) is 60.7 Å². The molecule has 0 aliphatic carbocycles. The number of benzene rings is 2. The quantitative estimate of drug-likeness (QED) is 0.784. The average molecular weight is 318 g/mol. The highest BCUT2D eigenvalue weighted by Crippen LogP contribution is 2.33. The number of rotatable bonds is 4. The Balaban J connectivity index is 2.32. The first-order valence-electron chi connectivity index (χ1n) is 7.64. The van der Waals surface area contributed by atoms with Crippen molar-refractivity contribution in [3.8, 4) is 22.4 Å². The van der Waals surface area contributed by atoms with Gasteiger partial charge < -0.3 is 10.0 Å². The van der Waals surface area contributed by atoms with Crippen molar-refractivity contribution in [2.24, 2.45) is 0 Å². The fourth-order valence-electron chi connectivity index (χ4n) is 2.67. The molecule has 1 heterocycles. The van der Waals surface area contributed by atoms with Crippen LogP contribution < -0.4 is 4.90 Å². The molecular weight excluding hydrogens is 300 g/mol. The van der Waals surface area contributed by atoms with Crippen LogP contribution in [0.15, 0.2) is 66.7 Å². The minimum atomic E-state index is -0.982. The third kappa shape index (κ3) is 2.99. The van der Waals surface area contributed by atoms with Gasteiger partial charge in [0.1, 0.15) is 11.4 Å². The van der Waals surface area contributed by atoms with Crippen molar-refractivity contribution >= 4 is 11.8 Å². The van der Waals surface area contributed by atoms with Gasteiger partial charge in [0.15, 0.2) is 0 Å². The molecule has 0 unspecified atom stereocenters. The van der Waals surface area contributed by atoms with Crippen molar-refractivity contribution in [3.05, 3.63) is 72.3 Å². The predicted octanol–water partition coefficient (Wildman–Crippen LogP) is 4.18.